The highest BCUT2D eigenvalue weighted by atomic mass is 16.2. The zero-order valence-corrected chi connectivity index (χ0v) is 7.81. The van der Waals surface area contributed by atoms with Gasteiger partial charge in [-0.25, -0.2) is 0 Å². The molecule has 1 aliphatic rings. The summed E-state index contributed by atoms with van der Waals surface area (Å²) in [5.74, 6) is -0.0405. The first-order chi connectivity index (χ1) is 6.81. The molecule has 0 saturated carbocycles. The van der Waals surface area contributed by atoms with Crippen molar-refractivity contribution in [1.29, 1.82) is 0 Å². The lowest BCUT2D eigenvalue weighted by molar-refractivity contribution is -0.126. The number of nitrogens with zero attached hydrogens (tertiary/aromatic N) is 3. The smallest absolute Gasteiger partial charge is 0.246 e. The van der Waals surface area contributed by atoms with Gasteiger partial charge in [-0.05, 0) is 6.08 Å². The van der Waals surface area contributed by atoms with Gasteiger partial charge in [0.2, 0.25) is 5.91 Å². The van der Waals surface area contributed by atoms with Gasteiger partial charge >= 0.3 is 0 Å². The molecule has 14 heavy (non-hydrogen) atoms. The Morgan fingerprint density at radius 1 is 1.43 bits per heavy atom. The molecule has 0 radical (unpaired) electrons. The zero-order chi connectivity index (χ0) is 9.97. The average Bonchev–Trinajstić information content (AvgIpc) is 2.27. The van der Waals surface area contributed by atoms with Gasteiger partial charge in [0.25, 0.3) is 0 Å². The number of rotatable bonds is 1. The zero-order valence-electron chi connectivity index (χ0n) is 7.81. The fourth-order valence-electron chi connectivity index (χ4n) is 1.55. The molecule has 0 aliphatic carbocycles. The SMILES string of the molecule is C=CC(=O)N1CCc2nccnc2C1. The Balaban J connectivity index is 2.21. The average molecular weight is 189 g/mol. The molecule has 1 aromatic rings. The lowest BCUT2D eigenvalue weighted by Gasteiger charge is -2.26. The van der Waals surface area contributed by atoms with Crippen LogP contribution in [0.5, 0.6) is 0 Å². The van der Waals surface area contributed by atoms with E-state index in [9.17, 15) is 4.79 Å². The van der Waals surface area contributed by atoms with Crippen LogP contribution in [-0.2, 0) is 17.8 Å². The summed E-state index contributed by atoms with van der Waals surface area (Å²) in [7, 11) is 0. The van der Waals surface area contributed by atoms with Crippen LogP contribution in [0.25, 0.3) is 0 Å². The number of carbonyl (C=O) groups is 1. The van der Waals surface area contributed by atoms with Gasteiger partial charge in [0.1, 0.15) is 0 Å². The molecular formula is C10H11N3O. The van der Waals surface area contributed by atoms with Crippen molar-refractivity contribution in [1.82, 2.24) is 14.9 Å². The summed E-state index contributed by atoms with van der Waals surface area (Å²) in [5.41, 5.74) is 1.90. The van der Waals surface area contributed by atoms with E-state index in [4.69, 9.17) is 0 Å². The highest BCUT2D eigenvalue weighted by Gasteiger charge is 2.19. The second-order valence-corrected chi connectivity index (χ2v) is 3.16. The molecule has 2 heterocycles. The third-order valence-corrected chi connectivity index (χ3v) is 2.31. The Bertz CT molecular complexity index is 375. The van der Waals surface area contributed by atoms with Gasteiger partial charge in [-0.3, -0.25) is 14.8 Å². The number of hydrogen-bond donors (Lipinski definition) is 0. The minimum Gasteiger partial charge on any atom is -0.333 e. The largest absolute Gasteiger partial charge is 0.333 e. The van der Waals surface area contributed by atoms with Crippen LogP contribution in [0.15, 0.2) is 25.0 Å². The summed E-state index contributed by atoms with van der Waals surface area (Å²) in [5, 5.41) is 0. The number of carbonyl (C=O) groups excluding carboxylic acids is 1. The first-order valence-corrected chi connectivity index (χ1v) is 4.51. The predicted octanol–water partition coefficient (Wildman–Crippen LogP) is 0.547. The summed E-state index contributed by atoms with van der Waals surface area (Å²) in [4.78, 5) is 21.5. The van der Waals surface area contributed by atoms with Gasteiger partial charge in [0.15, 0.2) is 0 Å². The number of fused-ring (bicyclic) bond motifs is 1. The molecule has 4 heteroatoms. The van der Waals surface area contributed by atoms with Gasteiger partial charge in [-0.1, -0.05) is 6.58 Å². The van der Waals surface area contributed by atoms with Crippen molar-refractivity contribution < 1.29 is 4.79 Å². The minimum absolute atomic E-state index is 0.0405. The first kappa shape index (κ1) is 8.87. The van der Waals surface area contributed by atoms with Crippen molar-refractivity contribution >= 4 is 5.91 Å². The predicted molar refractivity (Wildman–Crippen MR) is 51.4 cm³/mol. The van der Waals surface area contributed by atoms with Gasteiger partial charge in [0, 0.05) is 25.4 Å². The molecule has 1 amide bonds. The van der Waals surface area contributed by atoms with E-state index in [1.165, 1.54) is 6.08 Å². The van der Waals surface area contributed by atoms with E-state index in [1.807, 2.05) is 0 Å². The topological polar surface area (TPSA) is 46.1 Å². The molecule has 0 atom stereocenters. The molecule has 0 unspecified atom stereocenters. The Kier molecular flexibility index (Phi) is 2.26. The fraction of sp³-hybridized carbons (Fsp3) is 0.300. The summed E-state index contributed by atoms with van der Waals surface area (Å²) in [6.07, 6.45) is 5.45. The van der Waals surface area contributed by atoms with E-state index in [-0.39, 0.29) is 5.91 Å². The van der Waals surface area contributed by atoms with Crippen molar-refractivity contribution in [2.75, 3.05) is 6.54 Å². The van der Waals surface area contributed by atoms with Crippen LogP contribution >= 0.6 is 0 Å². The number of hydrogen-bond acceptors (Lipinski definition) is 3. The highest BCUT2D eigenvalue weighted by Crippen LogP contribution is 2.13. The molecule has 1 aliphatic heterocycles. The second-order valence-electron chi connectivity index (χ2n) is 3.16. The first-order valence-electron chi connectivity index (χ1n) is 4.51. The molecule has 0 aromatic carbocycles. The summed E-state index contributed by atoms with van der Waals surface area (Å²) in [6, 6.07) is 0. The van der Waals surface area contributed by atoms with Gasteiger partial charge in [-0.2, -0.15) is 0 Å². The normalized spacial score (nSPS) is 14.7. The molecule has 2 rings (SSSR count). The number of aromatic nitrogens is 2. The maximum absolute atomic E-state index is 11.3. The molecule has 4 nitrogen and oxygen atoms in total. The maximum atomic E-state index is 11.3. The van der Waals surface area contributed by atoms with E-state index in [0.29, 0.717) is 13.1 Å². The maximum Gasteiger partial charge on any atom is 0.246 e. The Morgan fingerprint density at radius 3 is 2.86 bits per heavy atom. The molecule has 0 fully saturated rings. The van der Waals surface area contributed by atoms with E-state index in [0.717, 1.165) is 17.8 Å². The highest BCUT2D eigenvalue weighted by molar-refractivity contribution is 5.87. The van der Waals surface area contributed by atoms with Crippen LogP contribution in [-0.4, -0.2) is 27.3 Å². The van der Waals surface area contributed by atoms with E-state index < -0.39 is 0 Å². The molecule has 0 N–H and O–H groups in total. The van der Waals surface area contributed by atoms with Crippen LogP contribution in [0.1, 0.15) is 11.4 Å². The van der Waals surface area contributed by atoms with Crippen LogP contribution in [0.2, 0.25) is 0 Å². The summed E-state index contributed by atoms with van der Waals surface area (Å²) >= 11 is 0. The van der Waals surface area contributed by atoms with E-state index >= 15 is 0 Å². The lowest BCUT2D eigenvalue weighted by Crippen LogP contribution is -2.35. The van der Waals surface area contributed by atoms with Gasteiger partial charge < -0.3 is 4.90 Å². The van der Waals surface area contributed by atoms with Crippen LogP contribution in [0.4, 0.5) is 0 Å². The molecular weight excluding hydrogens is 178 g/mol. The Hall–Kier alpha value is -1.71. The standard InChI is InChI=1S/C10H11N3O/c1-2-10(14)13-6-3-8-9(7-13)12-5-4-11-8/h2,4-5H,1,3,6-7H2. The van der Waals surface area contributed by atoms with Crippen LogP contribution in [0, 0.1) is 0 Å². The molecule has 72 valence electrons. The van der Waals surface area contributed by atoms with Crippen LogP contribution < -0.4 is 0 Å². The van der Waals surface area contributed by atoms with Crippen LogP contribution in [0.3, 0.4) is 0 Å². The molecule has 0 bridgehead atoms. The molecule has 1 aromatic heterocycles. The van der Waals surface area contributed by atoms with Crippen molar-refractivity contribution in [3.05, 3.63) is 36.4 Å². The third kappa shape index (κ3) is 1.51. The van der Waals surface area contributed by atoms with Crippen molar-refractivity contribution in [2.24, 2.45) is 0 Å². The molecule has 0 spiro atoms. The van der Waals surface area contributed by atoms with E-state index in [1.54, 1.807) is 17.3 Å². The number of amides is 1. The van der Waals surface area contributed by atoms with Gasteiger partial charge in [-0.15, -0.1) is 0 Å². The second kappa shape index (κ2) is 3.57. The summed E-state index contributed by atoms with van der Waals surface area (Å²) in [6.45, 7) is 4.72. The van der Waals surface area contributed by atoms with Crippen molar-refractivity contribution in [2.45, 2.75) is 13.0 Å². The quantitative estimate of drug-likeness (QED) is 0.606. The fourth-order valence-corrected chi connectivity index (χ4v) is 1.55. The molecule has 0 saturated heterocycles. The Labute approximate surface area is 82.3 Å². The minimum atomic E-state index is -0.0405. The van der Waals surface area contributed by atoms with Crippen molar-refractivity contribution in [3.63, 3.8) is 0 Å². The van der Waals surface area contributed by atoms with Gasteiger partial charge in [0.05, 0.1) is 17.9 Å². The lowest BCUT2D eigenvalue weighted by atomic mass is 10.1. The third-order valence-electron chi connectivity index (χ3n) is 2.31. The van der Waals surface area contributed by atoms with E-state index in [2.05, 4.69) is 16.5 Å². The Morgan fingerprint density at radius 2 is 2.14 bits per heavy atom. The summed E-state index contributed by atoms with van der Waals surface area (Å²) < 4.78 is 0. The monoisotopic (exact) mass is 189 g/mol. The van der Waals surface area contributed by atoms with Crippen molar-refractivity contribution in [3.8, 4) is 0 Å².